The second-order valence-electron chi connectivity index (χ2n) is 5.40. The zero-order chi connectivity index (χ0) is 15.5. The highest BCUT2D eigenvalue weighted by Gasteiger charge is 2.12. The molecule has 1 N–H and O–H groups in total. The highest BCUT2D eigenvalue weighted by atomic mass is 15.3. The van der Waals surface area contributed by atoms with E-state index in [-0.39, 0.29) is 0 Å². The molecule has 1 unspecified atom stereocenters. The topological polar surface area (TPSA) is 58.9 Å². The minimum Gasteiger partial charge on any atom is -0.370 e. The second kappa shape index (κ2) is 6.01. The molecular formula is C16H20N6. The molecule has 0 spiro atoms. The van der Waals surface area contributed by atoms with E-state index in [9.17, 15) is 0 Å². The van der Waals surface area contributed by atoms with Gasteiger partial charge in [-0.05, 0) is 19.1 Å². The number of hydrogen-bond donors (Lipinski definition) is 1. The van der Waals surface area contributed by atoms with Crippen molar-refractivity contribution in [3.05, 3.63) is 42.9 Å². The fourth-order valence-corrected chi connectivity index (χ4v) is 2.40. The number of benzene rings is 1. The molecule has 0 saturated heterocycles. The minimum absolute atomic E-state index is 0.323. The van der Waals surface area contributed by atoms with Crippen molar-refractivity contribution < 1.29 is 0 Å². The molecular weight excluding hydrogens is 276 g/mol. The minimum atomic E-state index is 0.323. The Labute approximate surface area is 129 Å². The first kappa shape index (κ1) is 14.3. The molecule has 114 valence electrons. The van der Waals surface area contributed by atoms with Crippen LogP contribution in [-0.4, -0.2) is 39.4 Å². The number of aryl methyl sites for hydroxylation is 1. The molecule has 0 amide bonds. The predicted octanol–water partition coefficient (Wildman–Crippen LogP) is 2.30. The van der Waals surface area contributed by atoms with Crippen molar-refractivity contribution >= 4 is 22.5 Å². The van der Waals surface area contributed by atoms with E-state index >= 15 is 0 Å². The number of para-hydroxylation sites is 1. The van der Waals surface area contributed by atoms with E-state index < -0.39 is 0 Å². The van der Waals surface area contributed by atoms with Crippen LogP contribution in [0.4, 0.5) is 11.5 Å². The Morgan fingerprint density at radius 1 is 1.23 bits per heavy atom. The van der Waals surface area contributed by atoms with Crippen LogP contribution >= 0.6 is 0 Å². The van der Waals surface area contributed by atoms with Gasteiger partial charge in [0.25, 0.3) is 0 Å². The van der Waals surface area contributed by atoms with E-state index in [1.54, 1.807) is 17.2 Å². The molecule has 0 saturated carbocycles. The maximum Gasteiger partial charge on any atom is 0.163 e. The number of hydrogen-bond acceptors (Lipinski definition) is 5. The van der Waals surface area contributed by atoms with E-state index in [1.807, 2.05) is 13.1 Å². The van der Waals surface area contributed by atoms with Crippen LogP contribution < -0.4 is 10.2 Å². The van der Waals surface area contributed by atoms with Crippen LogP contribution in [0.2, 0.25) is 0 Å². The Morgan fingerprint density at radius 3 is 2.77 bits per heavy atom. The van der Waals surface area contributed by atoms with E-state index in [1.165, 1.54) is 5.69 Å². The van der Waals surface area contributed by atoms with Gasteiger partial charge >= 0.3 is 0 Å². The first-order chi connectivity index (χ1) is 10.7. The lowest BCUT2D eigenvalue weighted by Crippen LogP contribution is -2.34. The third-order valence-electron chi connectivity index (χ3n) is 3.92. The molecule has 6 heteroatoms. The van der Waals surface area contributed by atoms with E-state index in [4.69, 9.17) is 0 Å². The van der Waals surface area contributed by atoms with Gasteiger partial charge in [-0.3, -0.25) is 4.68 Å². The number of anilines is 2. The average Bonchev–Trinajstić information content (AvgIpc) is 2.95. The fourth-order valence-electron chi connectivity index (χ4n) is 2.40. The van der Waals surface area contributed by atoms with E-state index in [0.717, 1.165) is 23.4 Å². The number of likely N-dealkylation sites (N-methyl/N-ethyl adjacent to an activating group) is 1. The van der Waals surface area contributed by atoms with Crippen molar-refractivity contribution in [3.8, 4) is 0 Å². The highest BCUT2D eigenvalue weighted by Crippen LogP contribution is 2.19. The SMILES string of the molecule is CC(CNc1ncnc2c1cnn2C)N(C)c1ccccc1. The van der Waals surface area contributed by atoms with Crippen LogP contribution in [0.3, 0.4) is 0 Å². The third-order valence-corrected chi connectivity index (χ3v) is 3.92. The number of rotatable bonds is 5. The second-order valence-corrected chi connectivity index (χ2v) is 5.40. The molecule has 0 radical (unpaired) electrons. The Bertz CT molecular complexity index is 752. The van der Waals surface area contributed by atoms with Gasteiger partial charge in [0.2, 0.25) is 0 Å². The molecule has 0 bridgehead atoms. The summed E-state index contributed by atoms with van der Waals surface area (Å²) in [4.78, 5) is 10.8. The van der Waals surface area contributed by atoms with Crippen molar-refractivity contribution in [3.63, 3.8) is 0 Å². The van der Waals surface area contributed by atoms with Gasteiger partial charge in [-0.1, -0.05) is 18.2 Å². The lowest BCUT2D eigenvalue weighted by Gasteiger charge is -2.27. The molecule has 0 aliphatic heterocycles. The smallest absolute Gasteiger partial charge is 0.163 e. The average molecular weight is 296 g/mol. The Morgan fingerprint density at radius 2 is 2.00 bits per heavy atom. The number of aromatic nitrogens is 4. The summed E-state index contributed by atoms with van der Waals surface area (Å²) in [7, 11) is 3.98. The van der Waals surface area contributed by atoms with Gasteiger partial charge < -0.3 is 10.2 Å². The van der Waals surface area contributed by atoms with Crippen LogP contribution in [0.15, 0.2) is 42.9 Å². The van der Waals surface area contributed by atoms with Crippen LogP contribution in [0.5, 0.6) is 0 Å². The first-order valence-electron chi connectivity index (χ1n) is 7.31. The molecule has 3 rings (SSSR count). The zero-order valence-electron chi connectivity index (χ0n) is 13.1. The normalized spacial score (nSPS) is 12.3. The third kappa shape index (κ3) is 2.72. The van der Waals surface area contributed by atoms with Crippen molar-refractivity contribution in [2.75, 3.05) is 23.8 Å². The van der Waals surface area contributed by atoms with Gasteiger partial charge in [-0.25, -0.2) is 9.97 Å². The molecule has 1 atom stereocenters. The summed E-state index contributed by atoms with van der Waals surface area (Å²) < 4.78 is 1.75. The number of nitrogens with one attached hydrogen (secondary N) is 1. The largest absolute Gasteiger partial charge is 0.370 e. The molecule has 1 aromatic carbocycles. The summed E-state index contributed by atoms with van der Waals surface area (Å²) in [6.45, 7) is 2.97. The van der Waals surface area contributed by atoms with Gasteiger partial charge in [-0.2, -0.15) is 5.10 Å². The summed E-state index contributed by atoms with van der Waals surface area (Å²) in [5.74, 6) is 0.825. The molecule has 2 heterocycles. The summed E-state index contributed by atoms with van der Waals surface area (Å²) >= 11 is 0. The lowest BCUT2D eigenvalue weighted by molar-refractivity contribution is 0.715. The summed E-state index contributed by atoms with van der Waals surface area (Å²) in [6.07, 6.45) is 3.36. The molecule has 22 heavy (non-hydrogen) atoms. The maximum absolute atomic E-state index is 4.33. The van der Waals surface area contributed by atoms with E-state index in [0.29, 0.717) is 6.04 Å². The van der Waals surface area contributed by atoms with Gasteiger partial charge in [-0.15, -0.1) is 0 Å². The molecule has 6 nitrogen and oxygen atoms in total. The quantitative estimate of drug-likeness (QED) is 0.783. The molecule has 0 fully saturated rings. The lowest BCUT2D eigenvalue weighted by atomic mass is 10.2. The summed E-state index contributed by atoms with van der Waals surface area (Å²) in [6, 6.07) is 10.7. The first-order valence-corrected chi connectivity index (χ1v) is 7.31. The molecule has 0 aliphatic rings. The predicted molar refractivity (Wildman–Crippen MR) is 89.1 cm³/mol. The highest BCUT2D eigenvalue weighted by molar-refractivity contribution is 5.85. The van der Waals surface area contributed by atoms with Gasteiger partial charge in [0.1, 0.15) is 12.1 Å². The summed E-state index contributed by atoms with van der Waals surface area (Å²) in [5.41, 5.74) is 2.03. The zero-order valence-corrected chi connectivity index (χ0v) is 13.1. The van der Waals surface area contributed by atoms with Crippen molar-refractivity contribution in [2.24, 2.45) is 7.05 Å². The van der Waals surface area contributed by atoms with Crippen LogP contribution in [0.1, 0.15) is 6.92 Å². The number of fused-ring (bicyclic) bond motifs is 1. The van der Waals surface area contributed by atoms with E-state index in [2.05, 4.69) is 63.5 Å². The monoisotopic (exact) mass is 296 g/mol. The van der Waals surface area contributed by atoms with Gasteiger partial charge in [0.05, 0.1) is 11.6 Å². The van der Waals surface area contributed by atoms with Crippen LogP contribution in [-0.2, 0) is 7.05 Å². The Balaban J connectivity index is 1.71. The van der Waals surface area contributed by atoms with Crippen molar-refractivity contribution in [2.45, 2.75) is 13.0 Å². The maximum atomic E-state index is 4.33. The van der Waals surface area contributed by atoms with Crippen LogP contribution in [0, 0.1) is 0 Å². The van der Waals surface area contributed by atoms with Gasteiger partial charge in [0, 0.05) is 32.4 Å². The molecule has 2 aromatic heterocycles. The standard InChI is InChI=1S/C16H20N6/c1-12(21(2)13-7-5-4-6-8-13)9-17-15-14-10-20-22(3)16(14)19-11-18-15/h4-8,10-12H,9H2,1-3H3,(H,17,18,19). The Kier molecular flexibility index (Phi) is 3.91. The molecule has 3 aromatic rings. The van der Waals surface area contributed by atoms with Crippen molar-refractivity contribution in [1.82, 2.24) is 19.7 Å². The van der Waals surface area contributed by atoms with Crippen LogP contribution in [0.25, 0.3) is 11.0 Å². The Hall–Kier alpha value is -2.63. The summed E-state index contributed by atoms with van der Waals surface area (Å²) in [5, 5.41) is 8.58. The molecule has 0 aliphatic carbocycles. The fraction of sp³-hybridized carbons (Fsp3) is 0.312. The number of nitrogens with zero attached hydrogens (tertiary/aromatic N) is 5. The van der Waals surface area contributed by atoms with Crippen molar-refractivity contribution in [1.29, 1.82) is 0 Å². The van der Waals surface area contributed by atoms with Gasteiger partial charge in [0.15, 0.2) is 5.65 Å².